The quantitative estimate of drug-likeness (QED) is 0.168. The van der Waals surface area contributed by atoms with E-state index in [0.717, 1.165) is 0 Å². The molecule has 0 aliphatic rings. The monoisotopic (exact) mass is 743 g/mol. The van der Waals surface area contributed by atoms with E-state index in [2.05, 4.69) is 252 Å². The molecule has 0 aromatic heterocycles. The maximum absolute atomic E-state index is 2.33. The Balaban J connectivity index is 0.000000214. The highest BCUT2D eigenvalue weighted by atomic mass is 15.1. The van der Waals surface area contributed by atoms with Crippen molar-refractivity contribution in [3.8, 4) is 0 Å². The van der Waals surface area contributed by atoms with Crippen molar-refractivity contribution in [3.05, 3.63) is 179 Å². The van der Waals surface area contributed by atoms with Gasteiger partial charge < -0.3 is 9.80 Å². The lowest BCUT2D eigenvalue weighted by molar-refractivity contribution is 0.590. The van der Waals surface area contributed by atoms with Gasteiger partial charge in [-0.25, -0.2) is 0 Å². The first-order chi connectivity index (χ1) is 26.1. The zero-order chi connectivity index (χ0) is 41.1. The second kappa shape index (κ2) is 16.6. The van der Waals surface area contributed by atoms with Crippen molar-refractivity contribution >= 4 is 34.1 Å². The maximum atomic E-state index is 2.33. The van der Waals surface area contributed by atoms with Gasteiger partial charge in [-0.15, -0.1) is 0 Å². The van der Waals surface area contributed by atoms with Crippen LogP contribution in [0.15, 0.2) is 146 Å². The summed E-state index contributed by atoms with van der Waals surface area (Å²) >= 11 is 0. The summed E-state index contributed by atoms with van der Waals surface area (Å²) < 4.78 is 0. The fourth-order valence-corrected chi connectivity index (χ4v) is 6.72. The van der Waals surface area contributed by atoms with E-state index in [0.29, 0.717) is 0 Å². The van der Waals surface area contributed by atoms with Crippen LogP contribution in [0.5, 0.6) is 0 Å². The Morgan fingerprint density at radius 2 is 0.375 bits per heavy atom. The molecule has 292 valence electrons. The molecule has 6 aromatic carbocycles. The standard InChI is InChI=1S/2C27H33N/c2*1-20-8-14-23(15-9-20)28(24-16-10-21(11-17-24)26(2,3)4)25-18-12-22(13-19-25)27(5,6)7/h2*8-19H,1-7H3. The normalized spacial score (nSPS) is 12.1. The number of hydrogen-bond donors (Lipinski definition) is 0. The molecule has 0 aliphatic heterocycles. The fourth-order valence-electron chi connectivity index (χ4n) is 6.72. The molecule has 0 fully saturated rings. The third-order valence-corrected chi connectivity index (χ3v) is 10.6. The average molecular weight is 743 g/mol. The molecule has 0 bridgehead atoms. The Bertz CT molecular complexity index is 1850. The van der Waals surface area contributed by atoms with Crippen LogP contribution in [-0.4, -0.2) is 0 Å². The van der Waals surface area contributed by atoms with Crippen molar-refractivity contribution in [2.75, 3.05) is 9.80 Å². The minimum atomic E-state index is 0.154. The molecule has 0 unspecified atom stereocenters. The second-order valence-electron chi connectivity index (χ2n) is 19.5. The highest BCUT2D eigenvalue weighted by Gasteiger charge is 2.20. The molecule has 0 spiro atoms. The smallest absolute Gasteiger partial charge is 0.0461 e. The molecule has 2 nitrogen and oxygen atoms in total. The van der Waals surface area contributed by atoms with Crippen LogP contribution >= 0.6 is 0 Å². The lowest BCUT2D eigenvalue weighted by Crippen LogP contribution is -2.14. The Kier molecular flexibility index (Phi) is 12.4. The molecule has 0 aliphatic carbocycles. The van der Waals surface area contributed by atoms with Crippen molar-refractivity contribution < 1.29 is 0 Å². The van der Waals surface area contributed by atoms with E-state index in [-0.39, 0.29) is 21.7 Å². The van der Waals surface area contributed by atoms with Gasteiger partial charge in [-0.3, -0.25) is 0 Å². The van der Waals surface area contributed by atoms with E-state index in [1.165, 1.54) is 67.5 Å². The molecule has 0 heterocycles. The van der Waals surface area contributed by atoms with Crippen LogP contribution in [-0.2, 0) is 21.7 Å². The molecule has 0 saturated heterocycles. The topological polar surface area (TPSA) is 6.48 Å². The summed E-state index contributed by atoms with van der Waals surface area (Å²) in [4.78, 5) is 4.66. The van der Waals surface area contributed by atoms with E-state index >= 15 is 0 Å². The molecule has 0 atom stereocenters. The second-order valence-corrected chi connectivity index (χ2v) is 19.5. The predicted octanol–water partition coefficient (Wildman–Crippen LogP) is 16.1. The molecular formula is C54H66N2. The molecule has 2 heteroatoms. The van der Waals surface area contributed by atoms with Crippen LogP contribution in [0.2, 0.25) is 0 Å². The van der Waals surface area contributed by atoms with Gasteiger partial charge >= 0.3 is 0 Å². The number of aryl methyl sites for hydroxylation is 2. The SMILES string of the molecule is Cc1ccc(N(c2ccc(C(C)(C)C)cc2)c2ccc(C(C)(C)C)cc2)cc1.Cc1ccc(N(c2ccc(C(C)(C)C)cc2)c2ccc(C(C)(C)C)cc2)cc1. The van der Waals surface area contributed by atoms with Gasteiger partial charge in [0.15, 0.2) is 0 Å². The van der Waals surface area contributed by atoms with Crippen LogP contribution in [0, 0.1) is 13.8 Å². The van der Waals surface area contributed by atoms with Gasteiger partial charge in [0.25, 0.3) is 0 Å². The van der Waals surface area contributed by atoms with Crippen LogP contribution in [0.4, 0.5) is 34.1 Å². The van der Waals surface area contributed by atoms with Crippen LogP contribution in [0.1, 0.15) is 116 Å². The van der Waals surface area contributed by atoms with E-state index < -0.39 is 0 Å². The summed E-state index contributed by atoms with van der Waals surface area (Å²) in [7, 11) is 0. The molecular weight excluding hydrogens is 677 g/mol. The number of anilines is 6. The number of nitrogens with zero attached hydrogens (tertiary/aromatic N) is 2. The van der Waals surface area contributed by atoms with Crippen LogP contribution in [0.25, 0.3) is 0 Å². The maximum Gasteiger partial charge on any atom is 0.0461 e. The largest absolute Gasteiger partial charge is 0.311 e. The predicted molar refractivity (Wildman–Crippen MR) is 247 cm³/mol. The molecule has 56 heavy (non-hydrogen) atoms. The lowest BCUT2D eigenvalue weighted by atomic mass is 9.86. The van der Waals surface area contributed by atoms with Crippen molar-refractivity contribution in [2.24, 2.45) is 0 Å². The Hall–Kier alpha value is -5.08. The highest BCUT2D eigenvalue weighted by Crippen LogP contribution is 2.39. The molecule has 0 amide bonds. The number of rotatable bonds is 6. The van der Waals surface area contributed by atoms with Gasteiger partial charge in [0.1, 0.15) is 0 Å². The molecule has 6 aromatic rings. The van der Waals surface area contributed by atoms with Crippen LogP contribution < -0.4 is 9.80 Å². The number of hydrogen-bond acceptors (Lipinski definition) is 2. The molecule has 6 rings (SSSR count). The minimum Gasteiger partial charge on any atom is -0.311 e. The van der Waals surface area contributed by atoms with Gasteiger partial charge in [-0.2, -0.15) is 0 Å². The first kappa shape index (κ1) is 42.1. The fraction of sp³-hybridized carbons (Fsp3) is 0.333. The molecule has 0 radical (unpaired) electrons. The summed E-state index contributed by atoms with van der Waals surface area (Å²) in [6, 6.07) is 53.4. The zero-order valence-corrected chi connectivity index (χ0v) is 36.8. The summed E-state index contributed by atoms with van der Waals surface area (Å²) in [5, 5.41) is 0. The third kappa shape index (κ3) is 10.6. The van der Waals surface area contributed by atoms with E-state index in [9.17, 15) is 0 Å². The average Bonchev–Trinajstić information content (AvgIpc) is 3.13. The van der Waals surface area contributed by atoms with E-state index in [4.69, 9.17) is 0 Å². The summed E-state index contributed by atoms with van der Waals surface area (Å²) in [5.74, 6) is 0. The highest BCUT2D eigenvalue weighted by molar-refractivity contribution is 5.78. The van der Waals surface area contributed by atoms with Gasteiger partial charge in [0.05, 0.1) is 0 Å². The minimum absolute atomic E-state index is 0.154. The Morgan fingerprint density at radius 3 is 0.518 bits per heavy atom. The summed E-state index contributed by atoms with van der Waals surface area (Å²) in [6.45, 7) is 31.3. The van der Waals surface area contributed by atoms with Gasteiger partial charge in [-0.05, 0) is 131 Å². The van der Waals surface area contributed by atoms with Gasteiger partial charge in [0, 0.05) is 34.1 Å². The van der Waals surface area contributed by atoms with Crippen LogP contribution in [0.3, 0.4) is 0 Å². The van der Waals surface area contributed by atoms with Crippen molar-refractivity contribution in [3.63, 3.8) is 0 Å². The van der Waals surface area contributed by atoms with Crippen molar-refractivity contribution in [1.82, 2.24) is 0 Å². The van der Waals surface area contributed by atoms with Crippen molar-refractivity contribution in [1.29, 1.82) is 0 Å². The Morgan fingerprint density at radius 1 is 0.232 bits per heavy atom. The first-order valence-electron chi connectivity index (χ1n) is 20.3. The molecule has 0 saturated carbocycles. The van der Waals surface area contributed by atoms with Gasteiger partial charge in [0.2, 0.25) is 0 Å². The third-order valence-electron chi connectivity index (χ3n) is 10.6. The number of benzene rings is 6. The summed E-state index contributed by atoms with van der Waals surface area (Å²) in [6.07, 6.45) is 0. The zero-order valence-electron chi connectivity index (χ0n) is 36.8. The molecule has 0 N–H and O–H groups in total. The first-order valence-corrected chi connectivity index (χ1v) is 20.3. The lowest BCUT2D eigenvalue weighted by Gasteiger charge is -2.28. The summed E-state index contributed by atoms with van der Waals surface area (Å²) in [5.41, 5.74) is 15.6. The Labute approximate surface area is 340 Å². The van der Waals surface area contributed by atoms with E-state index in [1.807, 2.05) is 0 Å². The van der Waals surface area contributed by atoms with E-state index in [1.54, 1.807) is 0 Å². The van der Waals surface area contributed by atoms with Crippen molar-refractivity contribution in [2.45, 2.75) is 119 Å². The van der Waals surface area contributed by atoms with Gasteiger partial charge in [-0.1, -0.05) is 167 Å².